The van der Waals surface area contributed by atoms with Crippen LogP contribution >= 0.6 is 0 Å². The van der Waals surface area contributed by atoms with Crippen molar-refractivity contribution in [2.24, 2.45) is 5.73 Å². The second-order valence-corrected chi connectivity index (χ2v) is 11.5. The van der Waals surface area contributed by atoms with E-state index in [1.807, 2.05) is 32.9 Å². The maximum absolute atomic E-state index is 13.8. The van der Waals surface area contributed by atoms with E-state index in [-0.39, 0.29) is 24.3 Å². The van der Waals surface area contributed by atoms with Crippen LogP contribution in [0.25, 0.3) is 0 Å². The molecular formula is C32H34F3N5O3. The highest BCUT2D eigenvalue weighted by Crippen LogP contribution is 2.31. The van der Waals surface area contributed by atoms with Crippen molar-refractivity contribution in [1.29, 1.82) is 0 Å². The molecule has 0 saturated carbocycles. The lowest BCUT2D eigenvalue weighted by molar-refractivity contribution is -0.138. The van der Waals surface area contributed by atoms with Crippen molar-refractivity contribution in [3.8, 4) is 11.8 Å². The van der Waals surface area contributed by atoms with E-state index in [1.54, 1.807) is 42.3 Å². The van der Waals surface area contributed by atoms with Crippen LogP contribution in [0.15, 0.2) is 48.8 Å². The van der Waals surface area contributed by atoms with E-state index in [4.69, 9.17) is 10.5 Å². The van der Waals surface area contributed by atoms with Gasteiger partial charge in [-0.25, -0.2) is 14.8 Å². The lowest BCUT2D eigenvalue weighted by Gasteiger charge is -2.33. The molecule has 1 aliphatic rings. The smallest absolute Gasteiger partial charge is 0.420 e. The van der Waals surface area contributed by atoms with Gasteiger partial charge >= 0.3 is 12.3 Å². The van der Waals surface area contributed by atoms with Crippen LogP contribution in [-0.4, -0.2) is 50.5 Å². The van der Waals surface area contributed by atoms with Crippen LogP contribution < -0.4 is 5.73 Å². The number of nitrogens with two attached hydrogens (primary N) is 1. The fourth-order valence-electron chi connectivity index (χ4n) is 4.72. The minimum Gasteiger partial charge on any atom is -0.444 e. The lowest BCUT2D eigenvalue weighted by Crippen LogP contribution is -2.41. The van der Waals surface area contributed by atoms with Crippen molar-refractivity contribution in [2.75, 3.05) is 13.1 Å². The molecule has 1 saturated heterocycles. The second kappa shape index (κ2) is 12.8. The zero-order valence-electron chi connectivity index (χ0n) is 24.5. The zero-order valence-corrected chi connectivity index (χ0v) is 24.5. The largest absolute Gasteiger partial charge is 0.444 e. The van der Waals surface area contributed by atoms with Gasteiger partial charge in [-0.3, -0.25) is 9.78 Å². The maximum atomic E-state index is 13.8. The molecule has 4 rings (SSSR count). The molecule has 0 spiro atoms. The average molecular weight is 594 g/mol. The van der Waals surface area contributed by atoms with Crippen molar-refractivity contribution in [2.45, 2.75) is 70.6 Å². The van der Waals surface area contributed by atoms with Gasteiger partial charge < -0.3 is 15.4 Å². The molecule has 0 bridgehead atoms. The van der Waals surface area contributed by atoms with Crippen molar-refractivity contribution >= 4 is 12.0 Å². The normalized spacial score (nSPS) is 14.9. The number of pyridine rings is 1. The molecular weight excluding hydrogens is 559 g/mol. The molecule has 1 atom stereocenters. The second-order valence-electron chi connectivity index (χ2n) is 11.5. The fraction of sp³-hybridized carbons (Fsp3) is 0.406. The minimum absolute atomic E-state index is 0.159. The third kappa shape index (κ3) is 8.31. The van der Waals surface area contributed by atoms with E-state index in [0.29, 0.717) is 24.2 Å². The Morgan fingerprint density at radius 3 is 2.35 bits per heavy atom. The minimum atomic E-state index is -4.70. The van der Waals surface area contributed by atoms with Crippen LogP contribution in [0, 0.1) is 11.8 Å². The van der Waals surface area contributed by atoms with Gasteiger partial charge in [-0.05, 0) is 69.7 Å². The summed E-state index contributed by atoms with van der Waals surface area (Å²) >= 11 is 0. The number of aromatic nitrogens is 3. The van der Waals surface area contributed by atoms with Crippen LogP contribution in [-0.2, 0) is 22.1 Å². The van der Waals surface area contributed by atoms with Crippen molar-refractivity contribution < 1.29 is 27.5 Å². The predicted molar refractivity (Wildman–Crippen MR) is 154 cm³/mol. The van der Waals surface area contributed by atoms with Crippen LogP contribution in [0.2, 0.25) is 0 Å². The van der Waals surface area contributed by atoms with E-state index < -0.39 is 34.9 Å². The van der Waals surface area contributed by atoms with Gasteiger partial charge in [0.2, 0.25) is 5.91 Å². The third-order valence-electron chi connectivity index (χ3n) is 7.09. The van der Waals surface area contributed by atoms with Crippen molar-refractivity contribution in [3.05, 3.63) is 88.3 Å². The zero-order chi connectivity index (χ0) is 31.4. The first-order valence-electron chi connectivity index (χ1n) is 14.0. The van der Waals surface area contributed by atoms with Crippen LogP contribution in [0.3, 0.4) is 0 Å². The first-order valence-corrected chi connectivity index (χ1v) is 14.0. The molecule has 8 nitrogen and oxygen atoms in total. The van der Waals surface area contributed by atoms with Gasteiger partial charge in [0.1, 0.15) is 22.7 Å². The summed E-state index contributed by atoms with van der Waals surface area (Å²) in [5.41, 5.74) is 5.89. The summed E-state index contributed by atoms with van der Waals surface area (Å²) in [5.74, 6) is 4.39. The molecule has 1 aliphatic heterocycles. The molecule has 11 heteroatoms. The number of carbonyl (C=O) groups excluding carboxylic acids is 2. The molecule has 0 radical (unpaired) electrons. The standard InChI is InChI=1S/C32H34F3N5O3/c1-20(29(36)41)24-8-6-5-7-22(24)10-12-27-25(32(33,34)35)19-38-28(39-27)17-21-9-11-26(37-18-21)23-13-15-40(16-14-23)30(42)43-31(2,3)4/h5-9,11,18-20,23H,13-17H2,1-4H3,(H2,36,41). The highest BCUT2D eigenvalue weighted by molar-refractivity contribution is 5.82. The number of likely N-dealkylation sites (tertiary alicyclic amines) is 1. The molecule has 1 unspecified atom stereocenters. The third-order valence-corrected chi connectivity index (χ3v) is 7.09. The number of benzene rings is 1. The molecule has 226 valence electrons. The van der Waals surface area contributed by atoms with Gasteiger partial charge in [0, 0.05) is 49.1 Å². The van der Waals surface area contributed by atoms with Gasteiger partial charge in [0.15, 0.2) is 0 Å². The number of hydrogen-bond acceptors (Lipinski definition) is 6. The van der Waals surface area contributed by atoms with Crippen LogP contribution in [0.1, 0.15) is 91.8 Å². The molecule has 2 aromatic heterocycles. The fourth-order valence-corrected chi connectivity index (χ4v) is 4.72. The first kappa shape index (κ1) is 31.5. The summed E-state index contributed by atoms with van der Waals surface area (Å²) in [5, 5.41) is 0. The summed E-state index contributed by atoms with van der Waals surface area (Å²) in [6.45, 7) is 8.25. The molecule has 43 heavy (non-hydrogen) atoms. The number of rotatable bonds is 5. The van der Waals surface area contributed by atoms with E-state index in [0.717, 1.165) is 30.3 Å². The predicted octanol–water partition coefficient (Wildman–Crippen LogP) is 5.58. The molecule has 2 N–H and O–H groups in total. The van der Waals surface area contributed by atoms with E-state index in [1.165, 1.54) is 0 Å². The number of carbonyl (C=O) groups is 2. The lowest BCUT2D eigenvalue weighted by atomic mass is 9.93. The van der Waals surface area contributed by atoms with Crippen LogP contribution in [0.5, 0.6) is 0 Å². The van der Waals surface area contributed by atoms with Gasteiger partial charge in [-0.1, -0.05) is 30.2 Å². The summed E-state index contributed by atoms with van der Waals surface area (Å²) in [7, 11) is 0. The number of ether oxygens (including phenoxy) is 1. The quantitative estimate of drug-likeness (QED) is 0.387. The molecule has 3 aromatic rings. The number of nitrogens with zero attached hydrogens (tertiary/aromatic N) is 4. The highest BCUT2D eigenvalue weighted by Gasteiger charge is 2.35. The Bertz CT molecular complexity index is 1530. The Morgan fingerprint density at radius 1 is 1.05 bits per heavy atom. The Morgan fingerprint density at radius 2 is 1.74 bits per heavy atom. The van der Waals surface area contributed by atoms with E-state index >= 15 is 0 Å². The monoisotopic (exact) mass is 593 g/mol. The SMILES string of the molecule is CC(C(N)=O)c1ccccc1C#Cc1nc(Cc2ccc(C3CCN(C(=O)OC(C)(C)C)CC3)nc2)ncc1C(F)(F)F. The molecule has 0 aliphatic carbocycles. The van der Waals surface area contributed by atoms with Crippen molar-refractivity contribution in [1.82, 2.24) is 19.9 Å². The Kier molecular flexibility index (Phi) is 9.38. The van der Waals surface area contributed by atoms with Gasteiger partial charge in [0.25, 0.3) is 0 Å². The number of amides is 2. The van der Waals surface area contributed by atoms with Crippen molar-refractivity contribution in [3.63, 3.8) is 0 Å². The molecule has 3 heterocycles. The van der Waals surface area contributed by atoms with E-state index in [2.05, 4.69) is 26.8 Å². The topological polar surface area (TPSA) is 111 Å². The van der Waals surface area contributed by atoms with Gasteiger partial charge in [0.05, 0.1) is 5.92 Å². The number of primary amides is 1. The van der Waals surface area contributed by atoms with Crippen LogP contribution in [0.4, 0.5) is 18.0 Å². The van der Waals surface area contributed by atoms with Gasteiger partial charge in [-0.15, -0.1) is 0 Å². The molecule has 1 aromatic carbocycles. The van der Waals surface area contributed by atoms with Gasteiger partial charge in [-0.2, -0.15) is 13.2 Å². The maximum Gasteiger partial charge on any atom is 0.420 e. The summed E-state index contributed by atoms with van der Waals surface area (Å²) < 4.78 is 46.7. The highest BCUT2D eigenvalue weighted by atomic mass is 19.4. The Hall–Kier alpha value is -4.46. The number of halogens is 3. The summed E-state index contributed by atoms with van der Waals surface area (Å²) in [4.78, 5) is 38.4. The molecule has 1 fully saturated rings. The first-order chi connectivity index (χ1) is 20.2. The Balaban J connectivity index is 1.49. The number of alkyl halides is 3. The summed E-state index contributed by atoms with van der Waals surface area (Å²) in [6.07, 6.45) is -0.960. The Labute approximate surface area is 248 Å². The average Bonchev–Trinajstić information content (AvgIpc) is 2.95. The van der Waals surface area contributed by atoms with E-state index in [9.17, 15) is 22.8 Å². The molecule has 2 amide bonds. The number of piperidine rings is 1. The number of hydrogen-bond donors (Lipinski definition) is 1. The summed E-state index contributed by atoms with van der Waals surface area (Å²) in [6, 6.07) is 10.4.